The summed E-state index contributed by atoms with van der Waals surface area (Å²) in [6.07, 6.45) is 0. The number of hydrogen-bond acceptors (Lipinski definition) is 3. The Morgan fingerprint density at radius 1 is 1.59 bits per heavy atom. The van der Waals surface area contributed by atoms with E-state index in [9.17, 15) is 9.90 Å². The standard InChI is InChI=1S/C11H13BrN2O2S/c1-2-14(6-10(13)17)11(16)8-5-7(12)3-4-9(8)15/h3-5,15H,2,6H2,1H3,(H2,13,17). The molecule has 1 rings (SSSR count). The molecule has 0 aliphatic heterocycles. The molecule has 0 atom stereocenters. The molecule has 0 saturated carbocycles. The average Bonchev–Trinajstić information content (AvgIpc) is 2.28. The molecule has 0 saturated heterocycles. The Labute approximate surface area is 114 Å². The minimum absolute atomic E-state index is 0.0559. The zero-order valence-corrected chi connectivity index (χ0v) is 11.7. The maximum atomic E-state index is 12.1. The molecule has 1 aromatic carbocycles. The fourth-order valence-electron chi connectivity index (χ4n) is 1.37. The van der Waals surface area contributed by atoms with Crippen LogP contribution in [0, 0.1) is 0 Å². The first kappa shape index (κ1) is 13.9. The SMILES string of the molecule is CCN(CC(N)=S)C(=O)c1cc(Br)ccc1O. The first-order valence-corrected chi connectivity index (χ1v) is 6.22. The van der Waals surface area contributed by atoms with Crippen LogP contribution in [0.25, 0.3) is 0 Å². The third kappa shape index (κ3) is 3.67. The Balaban J connectivity index is 3.01. The van der Waals surface area contributed by atoms with Crippen LogP contribution in [0.2, 0.25) is 0 Å². The van der Waals surface area contributed by atoms with Gasteiger partial charge in [-0.15, -0.1) is 0 Å². The normalized spacial score (nSPS) is 10.0. The molecular formula is C11H13BrN2O2S. The van der Waals surface area contributed by atoms with Crippen molar-refractivity contribution in [3.05, 3.63) is 28.2 Å². The minimum atomic E-state index is -0.292. The number of amides is 1. The number of thiocarbonyl (C=S) groups is 1. The predicted octanol–water partition coefficient (Wildman–Crippen LogP) is 1.90. The molecule has 0 radical (unpaired) electrons. The fourth-order valence-corrected chi connectivity index (χ4v) is 1.88. The van der Waals surface area contributed by atoms with Gasteiger partial charge in [-0.05, 0) is 25.1 Å². The first-order chi connectivity index (χ1) is 7.95. The number of benzene rings is 1. The second-order valence-electron chi connectivity index (χ2n) is 3.45. The minimum Gasteiger partial charge on any atom is -0.507 e. The molecule has 0 aliphatic carbocycles. The van der Waals surface area contributed by atoms with Crippen molar-refractivity contribution >= 4 is 39.0 Å². The monoisotopic (exact) mass is 316 g/mol. The number of carbonyl (C=O) groups excluding carboxylic acids is 1. The molecule has 0 aliphatic rings. The number of likely N-dealkylation sites (N-methyl/N-ethyl adjacent to an activating group) is 1. The van der Waals surface area contributed by atoms with Gasteiger partial charge in [0.15, 0.2) is 0 Å². The molecule has 17 heavy (non-hydrogen) atoms. The van der Waals surface area contributed by atoms with Crippen molar-refractivity contribution in [2.75, 3.05) is 13.1 Å². The predicted molar refractivity (Wildman–Crippen MR) is 74.2 cm³/mol. The van der Waals surface area contributed by atoms with Crippen LogP contribution in [-0.4, -0.2) is 34.0 Å². The summed E-state index contributed by atoms with van der Waals surface area (Å²) in [7, 11) is 0. The van der Waals surface area contributed by atoms with Crippen molar-refractivity contribution < 1.29 is 9.90 Å². The lowest BCUT2D eigenvalue weighted by Crippen LogP contribution is -2.37. The number of phenols is 1. The van der Waals surface area contributed by atoms with E-state index in [4.69, 9.17) is 18.0 Å². The van der Waals surface area contributed by atoms with Gasteiger partial charge in [0.05, 0.1) is 17.1 Å². The Hall–Kier alpha value is -1.14. The van der Waals surface area contributed by atoms with E-state index in [1.165, 1.54) is 11.0 Å². The zero-order chi connectivity index (χ0) is 13.0. The number of rotatable bonds is 4. The number of hydrogen-bond donors (Lipinski definition) is 2. The molecule has 0 unspecified atom stereocenters. The van der Waals surface area contributed by atoms with Crippen LogP contribution < -0.4 is 5.73 Å². The summed E-state index contributed by atoms with van der Waals surface area (Å²) in [5, 5.41) is 9.65. The van der Waals surface area contributed by atoms with Crippen LogP contribution in [-0.2, 0) is 0 Å². The number of halogens is 1. The van der Waals surface area contributed by atoms with Crippen molar-refractivity contribution in [1.29, 1.82) is 0 Å². The molecule has 6 heteroatoms. The highest BCUT2D eigenvalue weighted by atomic mass is 79.9. The highest BCUT2D eigenvalue weighted by molar-refractivity contribution is 9.10. The molecule has 0 aromatic heterocycles. The maximum Gasteiger partial charge on any atom is 0.258 e. The van der Waals surface area contributed by atoms with Crippen molar-refractivity contribution in [2.24, 2.45) is 5.73 Å². The maximum absolute atomic E-state index is 12.1. The molecule has 0 bridgehead atoms. The summed E-state index contributed by atoms with van der Waals surface area (Å²) >= 11 is 8.03. The van der Waals surface area contributed by atoms with Crippen LogP contribution in [0.5, 0.6) is 5.75 Å². The van der Waals surface area contributed by atoms with Crippen molar-refractivity contribution in [1.82, 2.24) is 4.90 Å². The fraction of sp³-hybridized carbons (Fsp3) is 0.273. The molecule has 0 fully saturated rings. The topological polar surface area (TPSA) is 66.6 Å². The molecule has 3 N–H and O–H groups in total. The summed E-state index contributed by atoms with van der Waals surface area (Å²) in [6.45, 7) is 2.50. The number of nitrogens with two attached hydrogens (primary N) is 1. The van der Waals surface area contributed by atoms with Gasteiger partial charge < -0.3 is 15.7 Å². The highest BCUT2D eigenvalue weighted by Gasteiger charge is 2.18. The van der Waals surface area contributed by atoms with Crippen LogP contribution in [0.3, 0.4) is 0 Å². The molecule has 1 aromatic rings. The summed E-state index contributed by atoms with van der Waals surface area (Å²) < 4.78 is 0.727. The van der Waals surface area contributed by atoms with Crippen LogP contribution in [0.15, 0.2) is 22.7 Å². The largest absolute Gasteiger partial charge is 0.507 e. The lowest BCUT2D eigenvalue weighted by molar-refractivity contribution is 0.0785. The van der Waals surface area contributed by atoms with Gasteiger partial charge in [-0.3, -0.25) is 4.79 Å². The average molecular weight is 317 g/mol. The Morgan fingerprint density at radius 3 is 2.76 bits per heavy atom. The smallest absolute Gasteiger partial charge is 0.258 e. The van der Waals surface area contributed by atoms with Crippen molar-refractivity contribution in [2.45, 2.75) is 6.92 Å². The lowest BCUT2D eigenvalue weighted by atomic mass is 10.1. The van der Waals surface area contributed by atoms with Gasteiger partial charge in [0.2, 0.25) is 0 Å². The van der Waals surface area contributed by atoms with Gasteiger partial charge in [-0.25, -0.2) is 0 Å². The van der Waals surface area contributed by atoms with E-state index < -0.39 is 0 Å². The van der Waals surface area contributed by atoms with E-state index in [1.54, 1.807) is 12.1 Å². The van der Waals surface area contributed by atoms with Gasteiger partial charge in [0.25, 0.3) is 5.91 Å². The van der Waals surface area contributed by atoms with Gasteiger partial charge in [-0.2, -0.15) is 0 Å². The van der Waals surface area contributed by atoms with Crippen LogP contribution >= 0.6 is 28.1 Å². The number of phenolic OH excluding ortho intramolecular Hbond substituents is 1. The Kier molecular flexibility index (Phi) is 4.89. The molecular weight excluding hydrogens is 304 g/mol. The third-order valence-electron chi connectivity index (χ3n) is 2.20. The van der Waals surface area contributed by atoms with Crippen molar-refractivity contribution in [3.8, 4) is 5.75 Å². The van der Waals surface area contributed by atoms with Gasteiger partial charge >= 0.3 is 0 Å². The van der Waals surface area contributed by atoms with E-state index in [-0.39, 0.29) is 28.8 Å². The van der Waals surface area contributed by atoms with E-state index in [0.717, 1.165) is 4.47 Å². The highest BCUT2D eigenvalue weighted by Crippen LogP contribution is 2.23. The zero-order valence-electron chi connectivity index (χ0n) is 9.31. The molecule has 0 heterocycles. The number of carbonyl (C=O) groups is 1. The third-order valence-corrected chi connectivity index (χ3v) is 2.83. The summed E-state index contributed by atoms with van der Waals surface area (Å²) in [6, 6.07) is 4.70. The van der Waals surface area contributed by atoms with E-state index in [2.05, 4.69) is 15.9 Å². The number of nitrogens with zero attached hydrogens (tertiary/aromatic N) is 1. The molecule has 92 valence electrons. The van der Waals surface area contributed by atoms with Gasteiger partial charge in [0.1, 0.15) is 5.75 Å². The molecule has 1 amide bonds. The Bertz CT molecular complexity index is 451. The Morgan fingerprint density at radius 2 is 2.24 bits per heavy atom. The summed E-state index contributed by atoms with van der Waals surface area (Å²) in [5.41, 5.74) is 5.65. The second kappa shape index (κ2) is 5.97. The lowest BCUT2D eigenvalue weighted by Gasteiger charge is -2.20. The second-order valence-corrected chi connectivity index (χ2v) is 4.89. The number of aromatic hydroxyl groups is 1. The van der Waals surface area contributed by atoms with E-state index in [1.807, 2.05) is 6.92 Å². The summed E-state index contributed by atoms with van der Waals surface area (Å²) in [4.78, 5) is 13.8. The first-order valence-electron chi connectivity index (χ1n) is 5.01. The quantitative estimate of drug-likeness (QED) is 0.833. The van der Waals surface area contributed by atoms with Gasteiger partial charge in [-0.1, -0.05) is 28.1 Å². The summed E-state index contributed by atoms with van der Waals surface area (Å²) in [5.74, 6) is -0.348. The van der Waals surface area contributed by atoms with Crippen LogP contribution in [0.1, 0.15) is 17.3 Å². The molecule has 4 nitrogen and oxygen atoms in total. The van der Waals surface area contributed by atoms with E-state index >= 15 is 0 Å². The van der Waals surface area contributed by atoms with Crippen molar-refractivity contribution in [3.63, 3.8) is 0 Å². The van der Waals surface area contributed by atoms with Gasteiger partial charge in [0, 0.05) is 11.0 Å². The van der Waals surface area contributed by atoms with Crippen LogP contribution in [0.4, 0.5) is 0 Å². The van der Waals surface area contributed by atoms with E-state index in [0.29, 0.717) is 6.54 Å². The molecule has 0 spiro atoms.